The molecule has 0 saturated carbocycles. The van der Waals surface area contributed by atoms with Crippen molar-refractivity contribution < 1.29 is 29.0 Å². The van der Waals surface area contributed by atoms with Crippen LogP contribution in [0.25, 0.3) is 18.2 Å². The third-order valence-corrected chi connectivity index (χ3v) is 4.96. The maximum absolute atomic E-state index is 12.3. The van der Waals surface area contributed by atoms with Crippen molar-refractivity contribution in [2.24, 2.45) is 0 Å². The molecule has 0 aliphatic rings. The maximum atomic E-state index is 12.3. The Labute approximate surface area is 202 Å². The number of non-ortho nitro benzene ring substituents is 1. The number of carbonyl (C=O) groups is 1. The van der Waals surface area contributed by atoms with E-state index in [1.807, 2.05) is 12.2 Å². The van der Waals surface area contributed by atoms with Crippen molar-refractivity contribution in [3.05, 3.63) is 87.5 Å². The average Bonchev–Trinajstić information content (AvgIpc) is 2.87. The second kappa shape index (κ2) is 11.4. The lowest BCUT2D eigenvalue weighted by Crippen LogP contribution is -2.08. The van der Waals surface area contributed by atoms with Gasteiger partial charge in [0.15, 0.2) is 11.5 Å². The van der Waals surface area contributed by atoms with Gasteiger partial charge in [0.1, 0.15) is 5.75 Å². The molecule has 0 heterocycles. The number of hydrogen-bond donors (Lipinski definition) is 2. The van der Waals surface area contributed by atoms with Crippen molar-refractivity contribution >= 4 is 35.5 Å². The summed E-state index contributed by atoms with van der Waals surface area (Å²) >= 11 is 0. The van der Waals surface area contributed by atoms with Gasteiger partial charge >= 0.3 is 0 Å². The highest BCUT2D eigenvalue weighted by Gasteiger charge is 2.12. The van der Waals surface area contributed by atoms with E-state index in [0.717, 1.165) is 11.1 Å². The molecule has 3 aromatic rings. The molecule has 180 valence electrons. The van der Waals surface area contributed by atoms with Crippen molar-refractivity contribution in [1.29, 1.82) is 0 Å². The summed E-state index contributed by atoms with van der Waals surface area (Å²) in [7, 11) is 4.61. The molecule has 0 aromatic heterocycles. The van der Waals surface area contributed by atoms with Gasteiger partial charge in [0.25, 0.3) is 5.69 Å². The second-order valence-corrected chi connectivity index (χ2v) is 7.24. The number of benzene rings is 3. The molecule has 9 nitrogen and oxygen atoms in total. The summed E-state index contributed by atoms with van der Waals surface area (Å²) in [6, 6.07) is 14.2. The molecule has 0 aliphatic heterocycles. The fourth-order valence-corrected chi connectivity index (χ4v) is 3.20. The zero-order chi connectivity index (χ0) is 25.4. The van der Waals surface area contributed by atoms with Crippen LogP contribution < -0.4 is 19.5 Å². The molecule has 0 atom stereocenters. The molecule has 1 amide bonds. The summed E-state index contributed by atoms with van der Waals surface area (Å²) in [5.41, 5.74) is 2.34. The predicted octanol–water partition coefficient (Wildman–Crippen LogP) is 5.15. The number of nitrogens with zero attached hydrogens (tertiary/aromatic N) is 1. The number of nitro benzene ring substituents is 1. The zero-order valence-corrected chi connectivity index (χ0v) is 19.3. The molecule has 3 aromatic carbocycles. The third kappa shape index (κ3) is 6.38. The Morgan fingerprint density at radius 1 is 0.857 bits per heavy atom. The minimum Gasteiger partial charge on any atom is -0.506 e. The van der Waals surface area contributed by atoms with E-state index in [1.54, 1.807) is 24.3 Å². The van der Waals surface area contributed by atoms with Crippen molar-refractivity contribution in [3.63, 3.8) is 0 Å². The molecule has 2 N–H and O–H groups in total. The van der Waals surface area contributed by atoms with Crippen molar-refractivity contribution in [1.82, 2.24) is 0 Å². The highest BCUT2D eigenvalue weighted by molar-refractivity contribution is 6.03. The van der Waals surface area contributed by atoms with E-state index >= 15 is 0 Å². The molecular weight excluding hydrogens is 452 g/mol. The number of carbonyl (C=O) groups excluding carboxylic acids is 1. The highest BCUT2D eigenvalue weighted by Crippen LogP contribution is 2.38. The average molecular weight is 476 g/mol. The lowest BCUT2D eigenvalue weighted by atomic mass is 10.1. The molecule has 3 rings (SSSR count). The number of phenolic OH excluding ortho intramolecular Hbond substituents is 1. The van der Waals surface area contributed by atoms with Crippen LogP contribution in [-0.2, 0) is 4.79 Å². The van der Waals surface area contributed by atoms with Gasteiger partial charge in [0.05, 0.1) is 31.9 Å². The summed E-state index contributed by atoms with van der Waals surface area (Å²) in [5.74, 6) is 0.968. The normalized spacial score (nSPS) is 10.9. The second-order valence-electron chi connectivity index (χ2n) is 7.24. The number of nitrogens with one attached hydrogen (secondary N) is 1. The summed E-state index contributed by atoms with van der Waals surface area (Å²) in [6.07, 6.45) is 6.43. The quantitative estimate of drug-likeness (QED) is 0.144. The SMILES string of the molecule is COc1cc(/C=C/c2ccc(O)c(NC(=O)/C=C/c3ccc([N+](=O)[O-])cc3)c2)cc(OC)c1OC. The van der Waals surface area contributed by atoms with E-state index < -0.39 is 10.8 Å². The number of aromatic hydroxyl groups is 1. The van der Waals surface area contributed by atoms with Gasteiger partial charge in [0, 0.05) is 18.2 Å². The largest absolute Gasteiger partial charge is 0.506 e. The number of hydrogen-bond acceptors (Lipinski definition) is 7. The zero-order valence-electron chi connectivity index (χ0n) is 19.3. The first-order valence-electron chi connectivity index (χ1n) is 10.4. The van der Waals surface area contributed by atoms with E-state index in [0.29, 0.717) is 22.8 Å². The van der Waals surface area contributed by atoms with Crippen LogP contribution in [0.15, 0.2) is 60.7 Å². The number of ether oxygens (including phenoxy) is 3. The van der Waals surface area contributed by atoms with Gasteiger partial charge in [-0.3, -0.25) is 14.9 Å². The number of phenols is 1. The maximum Gasteiger partial charge on any atom is 0.269 e. The van der Waals surface area contributed by atoms with E-state index in [1.165, 1.54) is 63.8 Å². The standard InChI is InChI=1S/C26H24N2O7/c1-33-23-15-19(16-24(34-2)26(23)35-3)5-4-18-8-12-22(29)21(14-18)27-25(30)13-9-17-6-10-20(11-7-17)28(31)32/h4-16,29H,1-3H3,(H,27,30)/b5-4+,13-9+. The molecule has 0 spiro atoms. The number of rotatable bonds is 9. The van der Waals surface area contributed by atoms with Gasteiger partial charge in [-0.2, -0.15) is 0 Å². The Balaban J connectivity index is 1.74. The van der Waals surface area contributed by atoms with Crippen LogP contribution in [0.4, 0.5) is 11.4 Å². The van der Waals surface area contributed by atoms with Crippen LogP contribution >= 0.6 is 0 Å². The number of methoxy groups -OCH3 is 3. The van der Waals surface area contributed by atoms with Gasteiger partial charge in [0.2, 0.25) is 11.7 Å². The van der Waals surface area contributed by atoms with Crippen LogP contribution in [0, 0.1) is 10.1 Å². The predicted molar refractivity (Wildman–Crippen MR) is 134 cm³/mol. The smallest absolute Gasteiger partial charge is 0.269 e. The van der Waals surface area contributed by atoms with Gasteiger partial charge in [-0.1, -0.05) is 18.2 Å². The van der Waals surface area contributed by atoms with E-state index in [2.05, 4.69) is 5.32 Å². The lowest BCUT2D eigenvalue weighted by molar-refractivity contribution is -0.384. The summed E-state index contributed by atoms with van der Waals surface area (Å²) in [6.45, 7) is 0. The first-order chi connectivity index (χ1) is 16.8. The third-order valence-electron chi connectivity index (χ3n) is 4.96. The highest BCUT2D eigenvalue weighted by atomic mass is 16.6. The minimum atomic E-state index is -0.494. The van der Waals surface area contributed by atoms with Crippen molar-refractivity contribution in [2.75, 3.05) is 26.6 Å². The van der Waals surface area contributed by atoms with Crippen LogP contribution in [0.2, 0.25) is 0 Å². The minimum absolute atomic E-state index is 0.0343. The molecule has 35 heavy (non-hydrogen) atoms. The topological polar surface area (TPSA) is 120 Å². The first-order valence-corrected chi connectivity index (χ1v) is 10.4. The molecule has 0 radical (unpaired) electrons. The fourth-order valence-electron chi connectivity index (χ4n) is 3.20. The summed E-state index contributed by atoms with van der Waals surface area (Å²) < 4.78 is 16.1. The van der Waals surface area contributed by atoms with Crippen LogP contribution in [0.1, 0.15) is 16.7 Å². The molecule has 0 fully saturated rings. The van der Waals surface area contributed by atoms with Crippen LogP contribution in [0.5, 0.6) is 23.0 Å². The Hall–Kier alpha value is -4.79. The molecule has 9 heteroatoms. The monoisotopic (exact) mass is 476 g/mol. The number of anilines is 1. The molecule has 0 saturated heterocycles. The lowest BCUT2D eigenvalue weighted by Gasteiger charge is -2.12. The Kier molecular flexibility index (Phi) is 8.07. The van der Waals surface area contributed by atoms with Gasteiger partial charge in [-0.15, -0.1) is 0 Å². The van der Waals surface area contributed by atoms with Crippen molar-refractivity contribution in [3.8, 4) is 23.0 Å². The van der Waals surface area contributed by atoms with Gasteiger partial charge < -0.3 is 24.6 Å². The first kappa shape index (κ1) is 24.8. The number of amides is 1. The Morgan fingerprint density at radius 2 is 1.46 bits per heavy atom. The van der Waals surface area contributed by atoms with Gasteiger partial charge in [-0.25, -0.2) is 0 Å². The number of nitro groups is 1. The summed E-state index contributed by atoms with van der Waals surface area (Å²) in [4.78, 5) is 22.6. The summed E-state index contributed by atoms with van der Waals surface area (Å²) in [5, 5.41) is 23.5. The van der Waals surface area contributed by atoms with E-state index in [4.69, 9.17) is 14.2 Å². The fraction of sp³-hybridized carbons (Fsp3) is 0.115. The van der Waals surface area contributed by atoms with E-state index in [9.17, 15) is 20.0 Å². The molecule has 0 unspecified atom stereocenters. The molecule has 0 bridgehead atoms. The Bertz CT molecular complexity index is 1260. The molecular formula is C26H24N2O7. The Morgan fingerprint density at radius 3 is 2.03 bits per heavy atom. The van der Waals surface area contributed by atoms with Gasteiger partial charge in [-0.05, 0) is 59.2 Å². The van der Waals surface area contributed by atoms with Crippen LogP contribution in [0.3, 0.4) is 0 Å². The van der Waals surface area contributed by atoms with Crippen molar-refractivity contribution in [2.45, 2.75) is 0 Å². The molecule has 0 aliphatic carbocycles. The van der Waals surface area contributed by atoms with E-state index in [-0.39, 0.29) is 17.1 Å². The van der Waals surface area contributed by atoms with Crippen LogP contribution in [-0.4, -0.2) is 37.3 Å².